The number of nitrogens with two attached hydrogens (primary N) is 1. The van der Waals surface area contributed by atoms with E-state index in [1.165, 1.54) is 0 Å². The second-order valence-electron chi connectivity index (χ2n) is 6.52. The van der Waals surface area contributed by atoms with E-state index < -0.39 is 5.54 Å². The molecular formula is C16H28N4O2. The van der Waals surface area contributed by atoms with Crippen molar-refractivity contribution >= 4 is 5.91 Å². The van der Waals surface area contributed by atoms with Crippen molar-refractivity contribution in [2.24, 2.45) is 5.73 Å². The first-order valence-corrected chi connectivity index (χ1v) is 8.04. The highest BCUT2D eigenvalue weighted by Crippen LogP contribution is 2.17. The van der Waals surface area contributed by atoms with Gasteiger partial charge in [-0.2, -0.15) is 5.10 Å². The largest absolute Gasteiger partial charge is 0.373 e. The molecule has 1 saturated heterocycles. The fraction of sp³-hybridized carbons (Fsp3) is 0.750. The zero-order valence-corrected chi connectivity index (χ0v) is 14.1. The van der Waals surface area contributed by atoms with Gasteiger partial charge in [0.25, 0.3) is 0 Å². The fourth-order valence-electron chi connectivity index (χ4n) is 3.05. The molecule has 2 N–H and O–H groups in total. The van der Waals surface area contributed by atoms with Gasteiger partial charge in [0.1, 0.15) is 0 Å². The Hall–Kier alpha value is -1.40. The summed E-state index contributed by atoms with van der Waals surface area (Å²) in [6.07, 6.45) is 1.57. The third-order valence-corrected chi connectivity index (χ3v) is 4.16. The van der Waals surface area contributed by atoms with Crippen molar-refractivity contribution in [2.75, 3.05) is 19.7 Å². The van der Waals surface area contributed by atoms with Crippen LogP contribution in [0.4, 0.5) is 0 Å². The summed E-state index contributed by atoms with van der Waals surface area (Å²) in [6, 6.07) is 2.05. The standard InChI is InChI=1S/C16H28N4O2/c1-5-6-16(4,17)15(21)19-7-8-22-14(10-19)11-20-13(3)9-12(2)18-20/h9,14H,5-8,10-11,17H2,1-4H3. The molecule has 1 aromatic rings. The summed E-state index contributed by atoms with van der Waals surface area (Å²) in [5.74, 6) is 0.0241. The Kier molecular flexibility index (Phi) is 5.24. The van der Waals surface area contributed by atoms with Crippen molar-refractivity contribution in [1.82, 2.24) is 14.7 Å². The van der Waals surface area contributed by atoms with E-state index >= 15 is 0 Å². The lowest BCUT2D eigenvalue weighted by Gasteiger charge is -2.37. The Labute approximate surface area is 132 Å². The van der Waals surface area contributed by atoms with E-state index in [2.05, 4.69) is 5.10 Å². The second-order valence-corrected chi connectivity index (χ2v) is 6.52. The number of hydrogen-bond donors (Lipinski definition) is 1. The zero-order chi connectivity index (χ0) is 16.3. The maximum absolute atomic E-state index is 12.6. The maximum Gasteiger partial charge on any atom is 0.242 e. The molecule has 1 aliphatic rings. The van der Waals surface area contributed by atoms with Gasteiger partial charge in [0.15, 0.2) is 0 Å². The van der Waals surface area contributed by atoms with Gasteiger partial charge < -0.3 is 15.4 Å². The van der Waals surface area contributed by atoms with Gasteiger partial charge in [0.05, 0.1) is 30.5 Å². The van der Waals surface area contributed by atoms with E-state index in [1.807, 2.05) is 43.3 Å². The molecule has 0 radical (unpaired) electrons. The first-order valence-electron chi connectivity index (χ1n) is 8.04. The Bertz CT molecular complexity index is 524. The van der Waals surface area contributed by atoms with E-state index in [9.17, 15) is 4.79 Å². The molecule has 0 spiro atoms. The Morgan fingerprint density at radius 3 is 2.86 bits per heavy atom. The quantitative estimate of drug-likeness (QED) is 0.888. The third-order valence-electron chi connectivity index (χ3n) is 4.16. The second kappa shape index (κ2) is 6.79. The highest BCUT2D eigenvalue weighted by atomic mass is 16.5. The lowest BCUT2D eigenvalue weighted by Crippen LogP contribution is -2.57. The number of amides is 1. The number of carbonyl (C=O) groups is 1. The van der Waals surface area contributed by atoms with E-state index in [0.717, 1.165) is 17.8 Å². The van der Waals surface area contributed by atoms with Crippen LogP contribution in [0.2, 0.25) is 0 Å². The monoisotopic (exact) mass is 308 g/mol. The van der Waals surface area contributed by atoms with Gasteiger partial charge in [-0.1, -0.05) is 13.3 Å². The molecule has 1 aliphatic heterocycles. The first-order chi connectivity index (χ1) is 10.3. The molecule has 0 aliphatic carbocycles. The van der Waals surface area contributed by atoms with Crippen LogP contribution >= 0.6 is 0 Å². The average Bonchev–Trinajstić information content (AvgIpc) is 2.76. The normalized spacial score (nSPS) is 21.7. The van der Waals surface area contributed by atoms with Gasteiger partial charge in [-0.3, -0.25) is 9.48 Å². The van der Waals surface area contributed by atoms with E-state index in [1.54, 1.807) is 0 Å². The van der Waals surface area contributed by atoms with Crippen LogP contribution in [0.1, 0.15) is 38.1 Å². The fourth-order valence-corrected chi connectivity index (χ4v) is 3.05. The van der Waals surface area contributed by atoms with E-state index in [4.69, 9.17) is 10.5 Å². The number of nitrogens with zero attached hydrogens (tertiary/aromatic N) is 3. The molecule has 2 rings (SSSR count). The van der Waals surface area contributed by atoms with Crippen molar-refractivity contribution in [3.05, 3.63) is 17.5 Å². The molecular weight excluding hydrogens is 280 g/mol. The van der Waals surface area contributed by atoms with Gasteiger partial charge in [-0.15, -0.1) is 0 Å². The number of carbonyl (C=O) groups excluding carboxylic acids is 1. The number of aryl methyl sites for hydroxylation is 2. The summed E-state index contributed by atoms with van der Waals surface area (Å²) in [5.41, 5.74) is 7.50. The minimum atomic E-state index is -0.783. The summed E-state index contributed by atoms with van der Waals surface area (Å²) < 4.78 is 7.75. The van der Waals surface area contributed by atoms with Crippen LogP contribution in [0, 0.1) is 13.8 Å². The summed E-state index contributed by atoms with van der Waals surface area (Å²) in [4.78, 5) is 14.4. The molecule has 6 nitrogen and oxygen atoms in total. The smallest absolute Gasteiger partial charge is 0.242 e. The van der Waals surface area contributed by atoms with Crippen molar-refractivity contribution < 1.29 is 9.53 Å². The number of morpholine rings is 1. The van der Waals surface area contributed by atoms with Crippen molar-refractivity contribution in [3.8, 4) is 0 Å². The van der Waals surface area contributed by atoms with E-state index in [0.29, 0.717) is 32.7 Å². The molecule has 2 atom stereocenters. The van der Waals surface area contributed by atoms with Crippen LogP contribution in [0.3, 0.4) is 0 Å². The Morgan fingerprint density at radius 2 is 2.27 bits per heavy atom. The van der Waals surface area contributed by atoms with Crippen molar-refractivity contribution in [1.29, 1.82) is 0 Å². The highest BCUT2D eigenvalue weighted by Gasteiger charge is 2.34. The zero-order valence-electron chi connectivity index (χ0n) is 14.1. The van der Waals surface area contributed by atoms with Gasteiger partial charge in [0.2, 0.25) is 5.91 Å². The minimum Gasteiger partial charge on any atom is -0.373 e. The molecule has 1 aromatic heterocycles. The SMILES string of the molecule is CCCC(C)(N)C(=O)N1CCOC(Cn2nc(C)cc2C)C1. The predicted molar refractivity (Wildman–Crippen MR) is 85.5 cm³/mol. The molecule has 1 amide bonds. The molecule has 2 unspecified atom stereocenters. The molecule has 0 aromatic carbocycles. The third kappa shape index (κ3) is 3.87. The van der Waals surface area contributed by atoms with Crippen molar-refractivity contribution in [2.45, 2.75) is 58.7 Å². The average molecular weight is 308 g/mol. The molecule has 0 saturated carbocycles. The van der Waals surface area contributed by atoms with Crippen LogP contribution in [-0.4, -0.2) is 51.9 Å². The Balaban J connectivity index is 2.00. The van der Waals surface area contributed by atoms with Gasteiger partial charge in [0, 0.05) is 18.8 Å². The minimum absolute atomic E-state index is 0.0241. The van der Waals surface area contributed by atoms with E-state index in [-0.39, 0.29) is 12.0 Å². The van der Waals surface area contributed by atoms with Crippen LogP contribution in [0.5, 0.6) is 0 Å². The number of hydrogen-bond acceptors (Lipinski definition) is 4. The first kappa shape index (κ1) is 17.0. The molecule has 124 valence electrons. The van der Waals surface area contributed by atoms with Crippen molar-refractivity contribution in [3.63, 3.8) is 0 Å². The van der Waals surface area contributed by atoms with Gasteiger partial charge in [-0.05, 0) is 33.3 Å². The summed E-state index contributed by atoms with van der Waals surface area (Å²) in [7, 11) is 0. The number of aromatic nitrogens is 2. The predicted octanol–water partition coefficient (Wildman–Crippen LogP) is 1.24. The topological polar surface area (TPSA) is 73.4 Å². The van der Waals surface area contributed by atoms with Crippen LogP contribution in [-0.2, 0) is 16.1 Å². The molecule has 22 heavy (non-hydrogen) atoms. The van der Waals surface area contributed by atoms with Crippen LogP contribution < -0.4 is 5.73 Å². The molecule has 6 heteroatoms. The molecule has 2 heterocycles. The maximum atomic E-state index is 12.6. The lowest BCUT2D eigenvalue weighted by atomic mass is 9.95. The summed E-state index contributed by atoms with van der Waals surface area (Å²) in [6.45, 7) is 10.3. The molecule has 0 bridgehead atoms. The van der Waals surface area contributed by atoms with Crippen LogP contribution in [0.15, 0.2) is 6.07 Å². The van der Waals surface area contributed by atoms with Gasteiger partial charge >= 0.3 is 0 Å². The number of ether oxygens (including phenoxy) is 1. The number of rotatable bonds is 5. The summed E-state index contributed by atoms with van der Waals surface area (Å²) in [5, 5.41) is 4.46. The highest BCUT2D eigenvalue weighted by molar-refractivity contribution is 5.85. The lowest BCUT2D eigenvalue weighted by molar-refractivity contribution is -0.144. The van der Waals surface area contributed by atoms with Gasteiger partial charge in [-0.25, -0.2) is 0 Å². The summed E-state index contributed by atoms with van der Waals surface area (Å²) >= 11 is 0. The van der Waals surface area contributed by atoms with Crippen LogP contribution in [0.25, 0.3) is 0 Å². The Morgan fingerprint density at radius 1 is 1.55 bits per heavy atom. The molecule has 1 fully saturated rings.